The highest BCUT2D eigenvalue weighted by molar-refractivity contribution is 5.76. The van der Waals surface area contributed by atoms with Gasteiger partial charge in [0, 0.05) is 6.42 Å². The van der Waals surface area contributed by atoms with Gasteiger partial charge in [-0.3, -0.25) is 4.79 Å². The SMILES string of the molecule is CCC/C=C/CC/C=C/CC/C=C/C(O)C(CO)NC(=O)CCCCCCCCCCCCCCCCCCCCC/C=C\C/C=C\CCCCCCC. The van der Waals surface area contributed by atoms with E-state index in [1.807, 2.05) is 6.08 Å². The third-order valence-electron chi connectivity index (χ3n) is 10.4. The predicted molar refractivity (Wildman–Crippen MR) is 239 cm³/mol. The molecule has 0 aromatic rings. The maximum Gasteiger partial charge on any atom is 0.220 e. The van der Waals surface area contributed by atoms with Gasteiger partial charge >= 0.3 is 0 Å². The molecule has 1 amide bonds. The van der Waals surface area contributed by atoms with Crippen molar-refractivity contribution in [1.82, 2.24) is 5.32 Å². The summed E-state index contributed by atoms with van der Waals surface area (Å²) < 4.78 is 0. The Kier molecular flexibility index (Phi) is 43.9. The molecule has 0 radical (unpaired) electrons. The fourth-order valence-corrected chi connectivity index (χ4v) is 6.84. The van der Waals surface area contributed by atoms with Gasteiger partial charge in [-0.2, -0.15) is 0 Å². The van der Waals surface area contributed by atoms with Crippen LogP contribution in [0.3, 0.4) is 0 Å². The van der Waals surface area contributed by atoms with Crippen LogP contribution >= 0.6 is 0 Å². The van der Waals surface area contributed by atoms with Crippen LogP contribution in [-0.2, 0) is 4.79 Å². The van der Waals surface area contributed by atoms with E-state index in [0.717, 1.165) is 51.4 Å². The molecule has 4 heteroatoms. The van der Waals surface area contributed by atoms with Crippen LogP contribution in [0.2, 0.25) is 0 Å². The number of hydrogen-bond acceptors (Lipinski definition) is 3. The van der Waals surface area contributed by atoms with E-state index in [9.17, 15) is 15.0 Å². The minimum atomic E-state index is -0.868. The Balaban J connectivity index is 3.47. The number of carbonyl (C=O) groups excluding carboxylic acids is 1. The molecule has 0 saturated carbocycles. The molecule has 4 nitrogen and oxygen atoms in total. The topological polar surface area (TPSA) is 69.6 Å². The molecular formula is C50H91NO3. The number of aliphatic hydroxyl groups excluding tert-OH is 2. The Hall–Kier alpha value is -1.91. The van der Waals surface area contributed by atoms with E-state index in [-0.39, 0.29) is 12.5 Å². The lowest BCUT2D eigenvalue weighted by Crippen LogP contribution is -2.45. The molecule has 0 aliphatic rings. The Morgan fingerprint density at radius 1 is 0.444 bits per heavy atom. The number of hydrogen-bond donors (Lipinski definition) is 3. The van der Waals surface area contributed by atoms with E-state index in [0.29, 0.717) is 6.42 Å². The van der Waals surface area contributed by atoms with Gasteiger partial charge in [0.2, 0.25) is 5.91 Å². The summed E-state index contributed by atoms with van der Waals surface area (Å²) in [5, 5.41) is 22.9. The molecule has 0 aliphatic carbocycles. The van der Waals surface area contributed by atoms with Crippen LogP contribution in [-0.4, -0.2) is 34.9 Å². The van der Waals surface area contributed by atoms with E-state index in [4.69, 9.17) is 0 Å². The van der Waals surface area contributed by atoms with Crippen molar-refractivity contribution >= 4 is 5.91 Å². The van der Waals surface area contributed by atoms with Crippen molar-refractivity contribution in [2.24, 2.45) is 0 Å². The van der Waals surface area contributed by atoms with Crippen molar-refractivity contribution in [3.05, 3.63) is 60.8 Å². The largest absolute Gasteiger partial charge is 0.394 e. The van der Waals surface area contributed by atoms with E-state index in [1.54, 1.807) is 6.08 Å². The summed E-state index contributed by atoms with van der Waals surface area (Å²) in [6.45, 7) is 4.21. The second kappa shape index (κ2) is 45.5. The number of carbonyl (C=O) groups is 1. The first-order valence-electron chi connectivity index (χ1n) is 23.5. The summed E-state index contributed by atoms with van der Waals surface area (Å²) in [6.07, 6.45) is 63.6. The first-order valence-corrected chi connectivity index (χ1v) is 23.5. The maximum atomic E-state index is 12.4. The zero-order valence-corrected chi connectivity index (χ0v) is 36.0. The second-order valence-corrected chi connectivity index (χ2v) is 15.8. The summed E-state index contributed by atoms with van der Waals surface area (Å²) in [4.78, 5) is 12.4. The molecule has 0 aliphatic heterocycles. The van der Waals surface area contributed by atoms with Crippen LogP contribution in [0.4, 0.5) is 0 Å². The summed E-state index contributed by atoms with van der Waals surface area (Å²) in [5.74, 6) is -0.0793. The average Bonchev–Trinajstić information content (AvgIpc) is 3.18. The van der Waals surface area contributed by atoms with E-state index >= 15 is 0 Å². The van der Waals surface area contributed by atoms with Crippen molar-refractivity contribution in [1.29, 1.82) is 0 Å². The molecule has 314 valence electrons. The molecule has 0 aromatic carbocycles. The Morgan fingerprint density at radius 3 is 1.24 bits per heavy atom. The lowest BCUT2D eigenvalue weighted by atomic mass is 10.0. The van der Waals surface area contributed by atoms with Crippen LogP contribution in [0.1, 0.15) is 232 Å². The van der Waals surface area contributed by atoms with Crippen LogP contribution in [0.15, 0.2) is 60.8 Å². The molecule has 54 heavy (non-hydrogen) atoms. The van der Waals surface area contributed by atoms with Gasteiger partial charge in [-0.05, 0) is 70.6 Å². The number of nitrogens with one attached hydrogen (secondary N) is 1. The Bertz CT molecular complexity index is 904. The summed E-state index contributed by atoms with van der Waals surface area (Å²) in [6, 6.07) is -0.644. The third kappa shape index (κ3) is 41.3. The first-order chi connectivity index (χ1) is 26.7. The summed E-state index contributed by atoms with van der Waals surface area (Å²) >= 11 is 0. The average molecular weight is 754 g/mol. The molecule has 0 spiro atoms. The number of amides is 1. The van der Waals surface area contributed by atoms with E-state index < -0.39 is 12.1 Å². The van der Waals surface area contributed by atoms with Gasteiger partial charge in [-0.15, -0.1) is 0 Å². The third-order valence-corrected chi connectivity index (χ3v) is 10.4. The van der Waals surface area contributed by atoms with Crippen molar-refractivity contribution < 1.29 is 15.0 Å². The number of rotatable bonds is 42. The Labute approximate surface area is 336 Å². The maximum absolute atomic E-state index is 12.4. The van der Waals surface area contributed by atoms with Gasteiger partial charge < -0.3 is 15.5 Å². The van der Waals surface area contributed by atoms with Crippen molar-refractivity contribution in [3.63, 3.8) is 0 Å². The molecule has 0 bridgehead atoms. The molecule has 2 unspecified atom stereocenters. The molecular weight excluding hydrogens is 663 g/mol. The zero-order valence-electron chi connectivity index (χ0n) is 36.0. The highest BCUT2D eigenvalue weighted by Crippen LogP contribution is 2.15. The predicted octanol–water partition coefficient (Wildman–Crippen LogP) is 14.9. The van der Waals surface area contributed by atoms with Crippen LogP contribution in [0.5, 0.6) is 0 Å². The molecule has 0 aromatic heterocycles. The molecule has 0 heterocycles. The van der Waals surface area contributed by atoms with Gasteiger partial charge in [-0.25, -0.2) is 0 Å². The Morgan fingerprint density at radius 2 is 0.815 bits per heavy atom. The second-order valence-electron chi connectivity index (χ2n) is 15.8. The molecule has 0 rings (SSSR count). The normalized spacial score (nSPS) is 13.5. The summed E-state index contributed by atoms with van der Waals surface area (Å²) in [5.41, 5.74) is 0. The van der Waals surface area contributed by atoms with Gasteiger partial charge in [-0.1, -0.05) is 216 Å². The fraction of sp³-hybridized carbons (Fsp3) is 0.780. The van der Waals surface area contributed by atoms with E-state index in [2.05, 4.69) is 67.8 Å². The monoisotopic (exact) mass is 754 g/mol. The molecule has 3 N–H and O–H groups in total. The van der Waals surface area contributed by atoms with Gasteiger partial charge in [0.25, 0.3) is 0 Å². The smallest absolute Gasteiger partial charge is 0.220 e. The van der Waals surface area contributed by atoms with Crippen molar-refractivity contribution in [2.75, 3.05) is 6.61 Å². The van der Waals surface area contributed by atoms with Crippen LogP contribution < -0.4 is 5.32 Å². The lowest BCUT2D eigenvalue weighted by Gasteiger charge is -2.19. The van der Waals surface area contributed by atoms with Crippen LogP contribution in [0, 0.1) is 0 Å². The van der Waals surface area contributed by atoms with Crippen molar-refractivity contribution in [2.45, 2.75) is 244 Å². The number of unbranched alkanes of at least 4 members (excludes halogenated alkanes) is 27. The lowest BCUT2D eigenvalue weighted by molar-refractivity contribution is -0.123. The molecule has 0 fully saturated rings. The van der Waals surface area contributed by atoms with Crippen LogP contribution in [0.25, 0.3) is 0 Å². The fourth-order valence-electron chi connectivity index (χ4n) is 6.84. The van der Waals surface area contributed by atoms with Gasteiger partial charge in [0.05, 0.1) is 18.8 Å². The standard InChI is InChI=1S/C50H91NO3/c1-3-5-7-9-11-13-15-16-17-18-19-20-21-22-23-24-25-26-27-28-29-30-31-32-33-34-36-38-40-42-44-46-50(54)51-48(47-52)49(53)45-43-41-39-37-35-14-12-10-8-6-4-2/h8,10,15-16,18-19,35,37,43,45,48-49,52-53H,3-7,9,11-14,17,20-34,36,38-42,44,46-47H2,1-2H3,(H,51,54)/b10-8+,16-15-,19-18-,37-35+,45-43+. The molecule has 0 saturated heterocycles. The number of allylic oxidation sites excluding steroid dienone is 9. The van der Waals surface area contributed by atoms with Crippen molar-refractivity contribution in [3.8, 4) is 0 Å². The molecule has 2 atom stereocenters. The summed E-state index contributed by atoms with van der Waals surface area (Å²) in [7, 11) is 0. The minimum absolute atomic E-state index is 0.0793. The van der Waals surface area contributed by atoms with E-state index in [1.165, 1.54) is 161 Å². The number of aliphatic hydroxyl groups is 2. The zero-order chi connectivity index (χ0) is 39.3. The quantitative estimate of drug-likeness (QED) is 0.0429. The highest BCUT2D eigenvalue weighted by atomic mass is 16.3. The van der Waals surface area contributed by atoms with Gasteiger partial charge in [0.1, 0.15) is 0 Å². The highest BCUT2D eigenvalue weighted by Gasteiger charge is 2.17. The minimum Gasteiger partial charge on any atom is -0.394 e. The first kappa shape index (κ1) is 52.1. The van der Waals surface area contributed by atoms with Gasteiger partial charge in [0.15, 0.2) is 0 Å².